The van der Waals surface area contributed by atoms with Crippen molar-refractivity contribution in [3.8, 4) is 0 Å². The van der Waals surface area contributed by atoms with Gasteiger partial charge >= 0.3 is 0 Å². The van der Waals surface area contributed by atoms with Crippen LogP contribution in [0.3, 0.4) is 0 Å². The molecule has 1 aromatic heterocycles. The molecule has 9 heteroatoms. The first-order valence-corrected chi connectivity index (χ1v) is 8.87. The number of hydrogen-bond acceptors (Lipinski definition) is 7. The van der Waals surface area contributed by atoms with Crippen molar-refractivity contribution in [1.82, 2.24) is 20.2 Å². The average molecular weight is 348 g/mol. The Balaban J connectivity index is 1.62. The average Bonchev–Trinajstić information content (AvgIpc) is 3.09. The van der Waals surface area contributed by atoms with E-state index in [2.05, 4.69) is 25.7 Å². The summed E-state index contributed by atoms with van der Waals surface area (Å²) < 4.78 is 7.06. The molecular weight excluding hydrogens is 328 g/mol. The van der Waals surface area contributed by atoms with E-state index in [1.54, 1.807) is 4.68 Å². The number of ether oxygens (including phenoxy) is 1. The SMILES string of the molecule is CCn1nnnc1SCC(=O)Nc1ccccc1N1CCOCC1. The molecule has 0 bridgehead atoms. The number of amides is 1. The van der Waals surface area contributed by atoms with Crippen LogP contribution in [0, 0.1) is 0 Å². The van der Waals surface area contributed by atoms with E-state index in [-0.39, 0.29) is 11.7 Å². The van der Waals surface area contributed by atoms with E-state index in [1.807, 2.05) is 31.2 Å². The van der Waals surface area contributed by atoms with Gasteiger partial charge in [-0.3, -0.25) is 4.79 Å². The van der Waals surface area contributed by atoms with Gasteiger partial charge < -0.3 is 15.0 Å². The van der Waals surface area contributed by atoms with Gasteiger partial charge in [0, 0.05) is 19.6 Å². The molecule has 1 aromatic carbocycles. The lowest BCUT2D eigenvalue weighted by molar-refractivity contribution is -0.113. The highest BCUT2D eigenvalue weighted by atomic mass is 32.2. The summed E-state index contributed by atoms with van der Waals surface area (Å²) >= 11 is 1.33. The number of anilines is 2. The maximum atomic E-state index is 12.3. The van der Waals surface area contributed by atoms with E-state index in [1.165, 1.54) is 11.8 Å². The van der Waals surface area contributed by atoms with Crippen LogP contribution in [0.25, 0.3) is 0 Å². The fourth-order valence-corrected chi connectivity index (χ4v) is 3.22. The molecule has 0 atom stereocenters. The van der Waals surface area contributed by atoms with Crippen molar-refractivity contribution in [1.29, 1.82) is 0 Å². The van der Waals surface area contributed by atoms with E-state index in [4.69, 9.17) is 4.74 Å². The summed E-state index contributed by atoms with van der Waals surface area (Å²) in [6.45, 7) is 5.70. The third-order valence-corrected chi connectivity index (χ3v) is 4.62. The number of para-hydroxylation sites is 2. The highest BCUT2D eigenvalue weighted by molar-refractivity contribution is 7.99. The highest BCUT2D eigenvalue weighted by Gasteiger charge is 2.16. The summed E-state index contributed by atoms with van der Waals surface area (Å²) in [6, 6.07) is 7.84. The third kappa shape index (κ3) is 4.04. The minimum atomic E-state index is -0.0774. The minimum absolute atomic E-state index is 0.0774. The van der Waals surface area contributed by atoms with E-state index >= 15 is 0 Å². The van der Waals surface area contributed by atoms with Crippen molar-refractivity contribution in [2.24, 2.45) is 0 Å². The molecule has 2 aromatic rings. The number of tetrazole rings is 1. The van der Waals surface area contributed by atoms with Crippen molar-refractivity contribution >= 4 is 29.0 Å². The van der Waals surface area contributed by atoms with Crippen molar-refractivity contribution < 1.29 is 9.53 Å². The Morgan fingerprint density at radius 2 is 2.12 bits per heavy atom. The Labute approximate surface area is 144 Å². The number of aryl methyl sites for hydroxylation is 1. The van der Waals surface area contributed by atoms with Crippen molar-refractivity contribution in [3.63, 3.8) is 0 Å². The van der Waals surface area contributed by atoms with Crippen LogP contribution >= 0.6 is 11.8 Å². The van der Waals surface area contributed by atoms with Crippen molar-refractivity contribution in [3.05, 3.63) is 24.3 Å². The Kier molecular flexibility index (Phi) is 5.65. The summed E-state index contributed by atoms with van der Waals surface area (Å²) in [7, 11) is 0. The number of aromatic nitrogens is 4. The first-order chi connectivity index (χ1) is 11.8. The molecule has 1 saturated heterocycles. The van der Waals surface area contributed by atoms with Gasteiger partial charge in [0.2, 0.25) is 11.1 Å². The van der Waals surface area contributed by atoms with Crippen molar-refractivity contribution in [2.45, 2.75) is 18.6 Å². The highest BCUT2D eigenvalue weighted by Crippen LogP contribution is 2.26. The zero-order valence-electron chi connectivity index (χ0n) is 13.5. The summed E-state index contributed by atoms with van der Waals surface area (Å²) in [5.41, 5.74) is 1.85. The number of carbonyl (C=O) groups is 1. The van der Waals surface area contributed by atoms with Crippen LogP contribution in [0.1, 0.15) is 6.92 Å². The molecule has 0 saturated carbocycles. The van der Waals surface area contributed by atoms with Crippen LogP contribution < -0.4 is 10.2 Å². The lowest BCUT2D eigenvalue weighted by Gasteiger charge is -2.30. The predicted molar refractivity (Wildman–Crippen MR) is 92.3 cm³/mol. The number of carbonyl (C=O) groups excluding carboxylic acids is 1. The van der Waals surface area contributed by atoms with Crippen LogP contribution in [0.15, 0.2) is 29.4 Å². The van der Waals surface area contributed by atoms with Gasteiger partial charge in [0.05, 0.1) is 30.3 Å². The Morgan fingerprint density at radius 1 is 1.33 bits per heavy atom. The van der Waals surface area contributed by atoms with Crippen LogP contribution in [-0.2, 0) is 16.1 Å². The van der Waals surface area contributed by atoms with Gasteiger partial charge in [0.1, 0.15) is 0 Å². The number of nitrogens with zero attached hydrogens (tertiary/aromatic N) is 5. The van der Waals surface area contributed by atoms with Gasteiger partial charge in [0.15, 0.2) is 0 Å². The lowest BCUT2D eigenvalue weighted by atomic mass is 10.2. The maximum absolute atomic E-state index is 12.3. The van der Waals surface area contributed by atoms with Gasteiger partial charge in [-0.25, -0.2) is 4.68 Å². The standard InChI is InChI=1S/C15H20N6O2S/c1-2-21-15(17-18-19-21)24-11-14(22)16-12-5-3-4-6-13(12)20-7-9-23-10-8-20/h3-6H,2,7-11H2,1H3,(H,16,22). The molecule has 8 nitrogen and oxygen atoms in total. The summed E-state index contributed by atoms with van der Waals surface area (Å²) in [5.74, 6) is 0.184. The number of thioether (sulfide) groups is 1. The molecule has 1 N–H and O–H groups in total. The van der Waals surface area contributed by atoms with Gasteiger partial charge in [0.25, 0.3) is 0 Å². The van der Waals surface area contributed by atoms with E-state index in [9.17, 15) is 4.79 Å². The molecule has 128 valence electrons. The van der Waals surface area contributed by atoms with Crippen LogP contribution in [0.2, 0.25) is 0 Å². The number of hydrogen-bond donors (Lipinski definition) is 1. The van der Waals surface area contributed by atoms with Crippen molar-refractivity contribution in [2.75, 3.05) is 42.3 Å². The van der Waals surface area contributed by atoms with E-state index < -0.39 is 0 Å². The van der Waals surface area contributed by atoms with Crippen LogP contribution in [0.4, 0.5) is 11.4 Å². The normalized spacial score (nSPS) is 14.6. The minimum Gasteiger partial charge on any atom is -0.378 e. The van der Waals surface area contributed by atoms with Crippen LogP contribution in [0.5, 0.6) is 0 Å². The second-order valence-electron chi connectivity index (χ2n) is 5.23. The molecule has 1 amide bonds. The molecule has 1 fully saturated rings. The first kappa shape index (κ1) is 16.7. The number of nitrogens with one attached hydrogen (secondary N) is 1. The lowest BCUT2D eigenvalue weighted by Crippen LogP contribution is -2.36. The third-order valence-electron chi connectivity index (χ3n) is 3.66. The second kappa shape index (κ2) is 8.11. The predicted octanol–water partition coefficient (Wildman–Crippen LogP) is 1.26. The fraction of sp³-hybridized carbons (Fsp3) is 0.467. The molecule has 1 aliphatic rings. The maximum Gasteiger partial charge on any atom is 0.234 e. The molecule has 0 aliphatic carbocycles. The van der Waals surface area contributed by atoms with E-state index in [0.717, 1.165) is 24.5 Å². The van der Waals surface area contributed by atoms with Gasteiger partial charge in [-0.2, -0.15) is 0 Å². The van der Waals surface area contributed by atoms with Gasteiger partial charge in [-0.1, -0.05) is 23.9 Å². The fourth-order valence-electron chi connectivity index (χ4n) is 2.47. The Hall–Kier alpha value is -2.13. The smallest absolute Gasteiger partial charge is 0.234 e. The molecule has 0 radical (unpaired) electrons. The molecule has 0 unspecified atom stereocenters. The first-order valence-electron chi connectivity index (χ1n) is 7.88. The van der Waals surface area contributed by atoms with Gasteiger partial charge in [-0.05, 0) is 29.5 Å². The topological polar surface area (TPSA) is 85.2 Å². The molecule has 1 aliphatic heterocycles. The number of morpholine rings is 1. The zero-order chi connectivity index (χ0) is 16.8. The molecule has 24 heavy (non-hydrogen) atoms. The second-order valence-corrected chi connectivity index (χ2v) is 6.17. The quantitative estimate of drug-likeness (QED) is 0.787. The molecule has 2 heterocycles. The molecule has 0 spiro atoms. The van der Waals surface area contributed by atoms with Crippen LogP contribution in [-0.4, -0.2) is 58.2 Å². The van der Waals surface area contributed by atoms with E-state index in [0.29, 0.717) is 24.9 Å². The Morgan fingerprint density at radius 3 is 2.92 bits per heavy atom. The molecular formula is C15H20N6O2S. The van der Waals surface area contributed by atoms with Gasteiger partial charge in [-0.15, -0.1) is 5.10 Å². The number of rotatable bonds is 6. The molecule has 3 rings (SSSR count). The largest absolute Gasteiger partial charge is 0.378 e. The zero-order valence-corrected chi connectivity index (χ0v) is 14.3. The summed E-state index contributed by atoms with van der Waals surface area (Å²) in [6.07, 6.45) is 0. The monoisotopic (exact) mass is 348 g/mol. The summed E-state index contributed by atoms with van der Waals surface area (Å²) in [5, 5.41) is 15.0. The number of benzene rings is 1. The summed E-state index contributed by atoms with van der Waals surface area (Å²) in [4.78, 5) is 14.5. The Bertz CT molecular complexity index is 686.